The summed E-state index contributed by atoms with van der Waals surface area (Å²) in [6, 6.07) is 16.0. The quantitative estimate of drug-likeness (QED) is 0.534. The second kappa shape index (κ2) is 10.3. The standard InChI is InChI=1S/C27H33N3O4S/c1-3-29(4-2)35(33,34)24-16-14-23(15-17-24)30-25(31)20-27(30,19-18-21-10-6-5-7-11-21)26(32)28-22-12-8-9-13-22/h5-7,10-11,14-19,22H,3-4,8-9,12-13,20H2,1-2H3,(H,28,32)/b19-18+/t27-/m1/s1. The largest absolute Gasteiger partial charge is 0.351 e. The van der Waals surface area contributed by atoms with Crippen LogP contribution in [0, 0.1) is 0 Å². The first-order chi connectivity index (χ1) is 16.8. The van der Waals surface area contributed by atoms with Gasteiger partial charge in [0.05, 0.1) is 11.3 Å². The van der Waals surface area contributed by atoms with Crippen LogP contribution in [0.1, 0.15) is 51.5 Å². The predicted molar refractivity (Wildman–Crippen MR) is 137 cm³/mol. The maximum atomic E-state index is 13.6. The molecule has 0 spiro atoms. The summed E-state index contributed by atoms with van der Waals surface area (Å²) >= 11 is 0. The number of nitrogens with one attached hydrogen (secondary N) is 1. The van der Waals surface area contributed by atoms with Gasteiger partial charge in [-0.3, -0.25) is 14.5 Å². The average molecular weight is 496 g/mol. The molecule has 1 aliphatic carbocycles. The van der Waals surface area contributed by atoms with Gasteiger partial charge in [-0.25, -0.2) is 8.42 Å². The van der Waals surface area contributed by atoms with Gasteiger partial charge in [-0.15, -0.1) is 0 Å². The summed E-state index contributed by atoms with van der Waals surface area (Å²) in [5.74, 6) is -0.375. The van der Waals surface area contributed by atoms with E-state index in [9.17, 15) is 18.0 Å². The van der Waals surface area contributed by atoms with Gasteiger partial charge in [0.1, 0.15) is 0 Å². The lowest BCUT2D eigenvalue weighted by Crippen LogP contribution is -2.70. The molecule has 2 fully saturated rings. The Balaban J connectivity index is 1.67. The molecule has 0 unspecified atom stereocenters. The van der Waals surface area contributed by atoms with Crippen LogP contribution < -0.4 is 10.2 Å². The summed E-state index contributed by atoms with van der Waals surface area (Å²) in [5.41, 5.74) is 0.272. The van der Waals surface area contributed by atoms with Crippen molar-refractivity contribution in [3.63, 3.8) is 0 Å². The summed E-state index contributed by atoms with van der Waals surface area (Å²) in [4.78, 5) is 28.1. The summed E-state index contributed by atoms with van der Waals surface area (Å²) < 4.78 is 27.2. The fourth-order valence-electron chi connectivity index (χ4n) is 4.94. The van der Waals surface area contributed by atoms with Crippen LogP contribution in [-0.4, -0.2) is 49.2 Å². The molecule has 2 aromatic rings. The van der Waals surface area contributed by atoms with Crippen molar-refractivity contribution in [3.05, 3.63) is 66.2 Å². The zero-order valence-electron chi connectivity index (χ0n) is 20.3. The van der Waals surface area contributed by atoms with Gasteiger partial charge < -0.3 is 5.32 Å². The molecule has 2 aromatic carbocycles. The van der Waals surface area contributed by atoms with E-state index in [1.165, 1.54) is 21.3 Å². The fourth-order valence-corrected chi connectivity index (χ4v) is 6.40. The van der Waals surface area contributed by atoms with E-state index in [0.29, 0.717) is 18.8 Å². The molecule has 1 atom stereocenters. The van der Waals surface area contributed by atoms with Gasteiger partial charge in [-0.2, -0.15) is 4.31 Å². The number of hydrogen-bond donors (Lipinski definition) is 1. The van der Waals surface area contributed by atoms with Crippen molar-refractivity contribution in [2.45, 2.75) is 62.4 Å². The van der Waals surface area contributed by atoms with Gasteiger partial charge in [-0.05, 0) is 48.7 Å². The third-order valence-corrected chi connectivity index (χ3v) is 9.01. The first-order valence-corrected chi connectivity index (χ1v) is 13.7. The topological polar surface area (TPSA) is 86.8 Å². The Morgan fingerprint density at radius 3 is 2.26 bits per heavy atom. The van der Waals surface area contributed by atoms with Crippen molar-refractivity contribution >= 4 is 33.6 Å². The van der Waals surface area contributed by atoms with E-state index in [1.807, 2.05) is 36.4 Å². The smallest absolute Gasteiger partial charge is 0.251 e. The summed E-state index contributed by atoms with van der Waals surface area (Å²) in [7, 11) is -3.62. The van der Waals surface area contributed by atoms with E-state index < -0.39 is 15.6 Å². The molecular formula is C27H33N3O4S. The number of amides is 2. The molecule has 1 N–H and O–H groups in total. The second-order valence-corrected chi connectivity index (χ2v) is 11.1. The molecule has 1 saturated carbocycles. The molecule has 0 radical (unpaired) electrons. The molecule has 1 heterocycles. The fraction of sp³-hybridized carbons (Fsp3) is 0.407. The van der Waals surface area contributed by atoms with Crippen molar-refractivity contribution in [2.75, 3.05) is 18.0 Å². The van der Waals surface area contributed by atoms with Crippen LogP contribution in [0.15, 0.2) is 65.6 Å². The Labute approximate surface area is 207 Å². The number of sulfonamides is 1. The molecule has 8 heteroatoms. The van der Waals surface area contributed by atoms with Crippen molar-refractivity contribution in [2.24, 2.45) is 0 Å². The zero-order valence-corrected chi connectivity index (χ0v) is 21.1. The summed E-state index contributed by atoms with van der Waals surface area (Å²) in [5, 5.41) is 3.16. The van der Waals surface area contributed by atoms with Gasteiger partial charge in [0, 0.05) is 24.8 Å². The maximum Gasteiger partial charge on any atom is 0.251 e. The number of rotatable bonds is 9. The number of benzene rings is 2. The Kier molecular flexibility index (Phi) is 7.42. The van der Waals surface area contributed by atoms with E-state index in [4.69, 9.17) is 0 Å². The van der Waals surface area contributed by atoms with E-state index in [2.05, 4.69) is 5.32 Å². The molecule has 7 nitrogen and oxygen atoms in total. The minimum Gasteiger partial charge on any atom is -0.351 e. The minimum atomic E-state index is -3.62. The highest BCUT2D eigenvalue weighted by Crippen LogP contribution is 2.40. The maximum absolute atomic E-state index is 13.6. The SMILES string of the molecule is CCN(CC)S(=O)(=O)c1ccc(N2C(=O)C[C@]2(/C=C/c2ccccc2)C(=O)NC2CCCC2)cc1. The van der Waals surface area contributed by atoms with E-state index >= 15 is 0 Å². The van der Waals surface area contributed by atoms with Crippen LogP contribution in [0.3, 0.4) is 0 Å². The highest BCUT2D eigenvalue weighted by atomic mass is 32.2. The highest BCUT2D eigenvalue weighted by molar-refractivity contribution is 7.89. The number of anilines is 1. The Morgan fingerprint density at radius 1 is 1.06 bits per heavy atom. The summed E-state index contributed by atoms with van der Waals surface area (Å²) in [6.07, 6.45) is 7.79. The number of β-lactam (4-membered cyclic amide) rings is 1. The number of hydrogen-bond acceptors (Lipinski definition) is 4. The molecule has 1 saturated heterocycles. The lowest BCUT2D eigenvalue weighted by atomic mass is 9.80. The van der Waals surface area contributed by atoms with Crippen LogP contribution >= 0.6 is 0 Å². The zero-order chi connectivity index (χ0) is 25.1. The van der Waals surface area contributed by atoms with E-state index in [-0.39, 0.29) is 29.2 Å². The first-order valence-electron chi connectivity index (χ1n) is 12.3. The monoisotopic (exact) mass is 495 g/mol. The number of nitrogens with zero attached hydrogens (tertiary/aromatic N) is 2. The molecule has 35 heavy (non-hydrogen) atoms. The van der Waals surface area contributed by atoms with E-state index in [0.717, 1.165) is 31.2 Å². The molecule has 0 aromatic heterocycles. The van der Waals surface area contributed by atoms with E-state index in [1.54, 1.807) is 32.1 Å². The Morgan fingerprint density at radius 2 is 1.69 bits per heavy atom. The minimum absolute atomic E-state index is 0.0639. The predicted octanol–water partition coefficient (Wildman–Crippen LogP) is 3.96. The average Bonchev–Trinajstić information content (AvgIpc) is 3.36. The Hall–Kier alpha value is -2.97. The lowest BCUT2D eigenvalue weighted by molar-refractivity contribution is -0.137. The third-order valence-electron chi connectivity index (χ3n) is 6.94. The van der Waals surface area contributed by atoms with Crippen molar-refractivity contribution in [1.82, 2.24) is 9.62 Å². The molecule has 2 amide bonds. The lowest BCUT2D eigenvalue weighted by Gasteiger charge is -2.49. The van der Waals surface area contributed by atoms with Gasteiger partial charge in [0.15, 0.2) is 5.54 Å². The third kappa shape index (κ3) is 4.90. The van der Waals surface area contributed by atoms with Crippen LogP contribution in [0.5, 0.6) is 0 Å². The first kappa shape index (κ1) is 25.1. The Bertz CT molecular complexity index is 1180. The van der Waals surface area contributed by atoms with Crippen LogP contribution in [0.2, 0.25) is 0 Å². The van der Waals surface area contributed by atoms with Crippen LogP contribution in [0.25, 0.3) is 6.08 Å². The molecule has 2 aliphatic rings. The normalized spacial score (nSPS) is 21.0. The number of carbonyl (C=O) groups excluding carboxylic acids is 2. The van der Waals surface area contributed by atoms with Gasteiger partial charge >= 0.3 is 0 Å². The molecule has 4 rings (SSSR count). The van der Waals surface area contributed by atoms with Crippen LogP contribution in [-0.2, 0) is 19.6 Å². The molecule has 1 aliphatic heterocycles. The number of carbonyl (C=O) groups is 2. The van der Waals surface area contributed by atoms with Crippen molar-refractivity contribution in [1.29, 1.82) is 0 Å². The molecular weight excluding hydrogens is 462 g/mol. The highest BCUT2D eigenvalue weighted by Gasteiger charge is 2.56. The van der Waals surface area contributed by atoms with Crippen LogP contribution in [0.4, 0.5) is 5.69 Å². The van der Waals surface area contributed by atoms with Gasteiger partial charge in [-0.1, -0.05) is 63.1 Å². The second-order valence-electron chi connectivity index (χ2n) is 9.11. The molecule has 186 valence electrons. The molecule has 0 bridgehead atoms. The summed E-state index contributed by atoms with van der Waals surface area (Å²) in [6.45, 7) is 4.34. The van der Waals surface area contributed by atoms with Crippen molar-refractivity contribution in [3.8, 4) is 0 Å². The van der Waals surface area contributed by atoms with Crippen molar-refractivity contribution < 1.29 is 18.0 Å². The van der Waals surface area contributed by atoms with Gasteiger partial charge in [0.2, 0.25) is 15.9 Å². The van der Waals surface area contributed by atoms with Gasteiger partial charge in [0.25, 0.3) is 5.91 Å².